The van der Waals surface area contributed by atoms with E-state index in [-0.39, 0.29) is 11.7 Å². The summed E-state index contributed by atoms with van der Waals surface area (Å²) >= 11 is 1.21. The van der Waals surface area contributed by atoms with Crippen molar-refractivity contribution < 1.29 is 9.53 Å². The van der Waals surface area contributed by atoms with Crippen molar-refractivity contribution in [3.63, 3.8) is 0 Å². The molecule has 7 heteroatoms. The zero-order chi connectivity index (χ0) is 16.4. The molecular formula is C16H19N3O3S. The highest BCUT2D eigenvalue weighted by atomic mass is 32.2. The third kappa shape index (κ3) is 3.40. The number of benzene rings is 1. The second-order valence-corrected chi connectivity index (χ2v) is 6.93. The van der Waals surface area contributed by atoms with Gasteiger partial charge in [0.25, 0.3) is 5.56 Å². The van der Waals surface area contributed by atoms with Crippen molar-refractivity contribution in [2.24, 2.45) is 5.73 Å². The van der Waals surface area contributed by atoms with Crippen molar-refractivity contribution in [2.45, 2.75) is 42.8 Å². The summed E-state index contributed by atoms with van der Waals surface area (Å²) in [5, 5.41) is 0.621. The maximum Gasteiger partial charge on any atom is 0.262 e. The van der Waals surface area contributed by atoms with E-state index in [2.05, 4.69) is 4.98 Å². The van der Waals surface area contributed by atoms with Gasteiger partial charge in [-0.3, -0.25) is 14.2 Å². The highest BCUT2D eigenvalue weighted by molar-refractivity contribution is 8.00. The van der Waals surface area contributed by atoms with Gasteiger partial charge in [0, 0.05) is 6.61 Å². The van der Waals surface area contributed by atoms with Crippen LogP contribution in [0.1, 0.15) is 19.8 Å². The van der Waals surface area contributed by atoms with Crippen LogP contribution in [0.5, 0.6) is 0 Å². The minimum Gasteiger partial charge on any atom is -0.376 e. The van der Waals surface area contributed by atoms with Gasteiger partial charge in [0.05, 0.1) is 28.8 Å². The first kappa shape index (κ1) is 16.0. The second-order valence-electron chi connectivity index (χ2n) is 5.62. The van der Waals surface area contributed by atoms with Crippen LogP contribution >= 0.6 is 11.8 Å². The molecule has 1 aromatic heterocycles. The Labute approximate surface area is 138 Å². The zero-order valence-electron chi connectivity index (χ0n) is 12.9. The molecule has 0 radical (unpaired) electrons. The van der Waals surface area contributed by atoms with E-state index in [0.29, 0.717) is 22.6 Å². The van der Waals surface area contributed by atoms with Gasteiger partial charge in [-0.25, -0.2) is 4.98 Å². The number of thioether (sulfide) groups is 1. The fraction of sp³-hybridized carbons (Fsp3) is 0.438. The molecule has 1 amide bonds. The van der Waals surface area contributed by atoms with Gasteiger partial charge in [-0.1, -0.05) is 23.9 Å². The fourth-order valence-electron chi connectivity index (χ4n) is 2.61. The van der Waals surface area contributed by atoms with Crippen LogP contribution in [0.3, 0.4) is 0 Å². The molecule has 23 heavy (non-hydrogen) atoms. The number of amides is 1. The first-order valence-electron chi connectivity index (χ1n) is 7.63. The van der Waals surface area contributed by atoms with Crippen molar-refractivity contribution >= 4 is 28.6 Å². The summed E-state index contributed by atoms with van der Waals surface area (Å²) in [7, 11) is 0. The van der Waals surface area contributed by atoms with Gasteiger partial charge in [0.2, 0.25) is 5.91 Å². The molecule has 2 aromatic rings. The highest BCUT2D eigenvalue weighted by Crippen LogP contribution is 2.24. The average Bonchev–Trinajstić information content (AvgIpc) is 3.04. The van der Waals surface area contributed by atoms with E-state index in [1.54, 1.807) is 23.6 Å². The number of hydrogen-bond donors (Lipinski definition) is 1. The first-order valence-corrected chi connectivity index (χ1v) is 8.51. The maximum atomic E-state index is 12.8. The third-order valence-corrected chi connectivity index (χ3v) is 5.03. The number of para-hydroxylation sites is 1. The molecule has 1 aliphatic heterocycles. The van der Waals surface area contributed by atoms with Crippen LogP contribution in [0.15, 0.2) is 34.2 Å². The van der Waals surface area contributed by atoms with E-state index in [1.165, 1.54) is 11.8 Å². The van der Waals surface area contributed by atoms with E-state index in [9.17, 15) is 9.59 Å². The largest absolute Gasteiger partial charge is 0.376 e. The summed E-state index contributed by atoms with van der Waals surface area (Å²) in [6.07, 6.45) is 1.94. The Morgan fingerprint density at radius 1 is 1.52 bits per heavy atom. The molecule has 0 bridgehead atoms. The van der Waals surface area contributed by atoms with Gasteiger partial charge in [0.15, 0.2) is 5.16 Å². The number of aromatic nitrogens is 2. The number of carbonyl (C=O) groups excluding carboxylic acids is 1. The van der Waals surface area contributed by atoms with Crippen molar-refractivity contribution in [2.75, 3.05) is 6.61 Å². The standard InChI is InChI=1S/C16H19N3O3S/c1-10(14(17)20)23-16-18-13-7-3-2-6-12(13)15(21)19(16)9-11-5-4-8-22-11/h2-3,6-7,10-11H,4-5,8-9H2,1H3,(H2,17,20)/t10-,11-/m0/s1. The normalized spacial score (nSPS) is 19.1. The summed E-state index contributed by atoms with van der Waals surface area (Å²) in [5.41, 5.74) is 5.87. The molecular weight excluding hydrogens is 314 g/mol. The molecule has 1 aromatic carbocycles. The fourth-order valence-corrected chi connectivity index (χ4v) is 3.47. The molecule has 0 aliphatic carbocycles. The average molecular weight is 333 g/mol. The Hall–Kier alpha value is -1.86. The molecule has 2 atom stereocenters. The third-order valence-electron chi connectivity index (χ3n) is 3.92. The van der Waals surface area contributed by atoms with Crippen LogP contribution in [0.2, 0.25) is 0 Å². The Morgan fingerprint density at radius 3 is 3.00 bits per heavy atom. The van der Waals surface area contributed by atoms with Crippen molar-refractivity contribution in [3.8, 4) is 0 Å². The Bertz CT molecular complexity index is 784. The van der Waals surface area contributed by atoms with Crippen molar-refractivity contribution in [1.82, 2.24) is 9.55 Å². The van der Waals surface area contributed by atoms with Gasteiger partial charge in [0.1, 0.15) is 0 Å². The number of ether oxygens (including phenoxy) is 1. The highest BCUT2D eigenvalue weighted by Gasteiger charge is 2.22. The molecule has 3 rings (SSSR count). The number of nitrogens with zero attached hydrogens (tertiary/aromatic N) is 2. The molecule has 0 unspecified atom stereocenters. The minimum atomic E-state index is -0.459. The molecule has 2 heterocycles. The van der Waals surface area contributed by atoms with Gasteiger partial charge in [-0.15, -0.1) is 0 Å². The van der Waals surface area contributed by atoms with E-state index < -0.39 is 11.2 Å². The lowest BCUT2D eigenvalue weighted by Crippen LogP contribution is -2.30. The lowest BCUT2D eigenvalue weighted by atomic mass is 10.2. The molecule has 2 N–H and O–H groups in total. The monoisotopic (exact) mass is 333 g/mol. The van der Waals surface area contributed by atoms with Crippen molar-refractivity contribution in [3.05, 3.63) is 34.6 Å². The zero-order valence-corrected chi connectivity index (χ0v) is 13.7. The van der Waals surface area contributed by atoms with Gasteiger partial charge < -0.3 is 10.5 Å². The predicted molar refractivity (Wildman–Crippen MR) is 89.5 cm³/mol. The topological polar surface area (TPSA) is 87.2 Å². The molecule has 1 aliphatic rings. The molecule has 1 saturated heterocycles. The quantitative estimate of drug-likeness (QED) is 0.662. The van der Waals surface area contributed by atoms with Crippen LogP contribution in [0, 0.1) is 0 Å². The number of rotatable bonds is 5. The maximum absolute atomic E-state index is 12.8. The van der Waals surface area contributed by atoms with E-state index in [4.69, 9.17) is 10.5 Å². The molecule has 0 spiro atoms. The molecule has 6 nitrogen and oxygen atoms in total. The van der Waals surface area contributed by atoms with Crippen LogP contribution in [0.25, 0.3) is 10.9 Å². The molecule has 1 fully saturated rings. The van der Waals surface area contributed by atoms with Gasteiger partial charge >= 0.3 is 0 Å². The summed E-state index contributed by atoms with van der Waals surface area (Å²) < 4.78 is 7.26. The Morgan fingerprint density at radius 2 is 2.30 bits per heavy atom. The summed E-state index contributed by atoms with van der Waals surface area (Å²) in [5.74, 6) is -0.430. The molecule has 0 saturated carbocycles. The number of carbonyl (C=O) groups is 1. The smallest absolute Gasteiger partial charge is 0.262 e. The SMILES string of the molecule is C[C@H](Sc1nc2ccccc2c(=O)n1C[C@@H]1CCCO1)C(N)=O. The predicted octanol–water partition coefficient (Wildman–Crippen LogP) is 1.54. The van der Waals surface area contributed by atoms with E-state index in [1.807, 2.05) is 12.1 Å². The Balaban J connectivity index is 2.06. The van der Waals surface area contributed by atoms with Crippen LogP contribution < -0.4 is 11.3 Å². The molecule has 122 valence electrons. The number of hydrogen-bond acceptors (Lipinski definition) is 5. The van der Waals surface area contributed by atoms with E-state index >= 15 is 0 Å². The van der Waals surface area contributed by atoms with Crippen LogP contribution in [-0.2, 0) is 16.1 Å². The second kappa shape index (κ2) is 6.72. The van der Waals surface area contributed by atoms with Gasteiger partial charge in [-0.2, -0.15) is 0 Å². The lowest BCUT2D eigenvalue weighted by molar-refractivity contribution is -0.117. The van der Waals surface area contributed by atoms with Crippen molar-refractivity contribution in [1.29, 1.82) is 0 Å². The van der Waals surface area contributed by atoms with Crippen LogP contribution in [0.4, 0.5) is 0 Å². The summed E-state index contributed by atoms with van der Waals surface area (Å²) in [6.45, 7) is 2.88. The summed E-state index contributed by atoms with van der Waals surface area (Å²) in [4.78, 5) is 28.8. The van der Waals surface area contributed by atoms with E-state index in [0.717, 1.165) is 19.4 Å². The van der Waals surface area contributed by atoms with Gasteiger partial charge in [-0.05, 0) is 31.9 Å². The first-order chi connectivity index (χ1) is 11.1. The van der Waals surface area contributed by atoms with Crippen LogP contribution in [-0.4, -0.2) is 33.4 Å². The number of nitrogens with two attached hydrogens (primary N) is 1. The number of fused-ring (bicyclic) bond motifs is 1. The minimum absolute atomic E-state index is 0.0129. The number of primary amides is 1. The Kier molecular flexibility index (Phi) is 4.68. The summed E-state index contributed by atoms with van der Waals surface area (Å²) in [6, 6.07) is 7.22. The lowest BCUT2D eigenvalue weighted by Gasteiger charge is -2.17.